The first-order chi connectivity index (χ1) is 7.46. The summed E-state index contributed by atoms with van der Waals surface area (Å²) in [4.78, 5) is 0. The lowest BCUT2D eigenvalue weighted by Crippen LogP contribution is -2.37. The van der Waals surface area contributed by atoms with E-state index in [1.54, 1.807) is 7.11 Å². The Morgan fingerprint density at radius 1 is 1.38 bits per heavy atom. The van der Waals surface area contributed by atoms with Crippen LogP contribution in [0.3, 0.4) is 0 Å². The summed E-state index contributed by atoms with van der Waals surface area (Å²) in [6.07, 6.45) is 0. The molecule has 1 N–H and O–H groups in total. The molecule has 0 radical (unpaired) electrons. The normalized spacial score (nSPS) is 13.8. The minimum Gasteiger partial charge on any atom is -0.377 e. The van der Waals surface area contributed by atoms with Crippen LogP contribution in [-0.2, 0) is 4.74 Å². The molecule has 0 aliphatic carbocycles. The molecule has 2 nitrogen and oxygen atoms in total. The molecule has 1 rings (SSSR count). The second kappa shape index (κ2) is 5.67. The van der Waals surface area contributed by atoms with Crippen LogP contribution in [0.1, 0.15) is 32.4 Å². The smallest absolute Gasteiger partial charge is 0.0746 e. The molecular weight excluding hydrogens is 222 g/mol. The van der Waals surface area contributed by atoms with E-state index in [2.05, 4.69) is 26.1 Å². The van der Waals surface area contributed by atoms with E-state index in [9.17, 15) is 0 Å². The Labute approximate surface area is 103 Å². The van der Waals surface area contributed by atoms with E-state index in [-0.39, 0.29) is 11.6 Å². The van der Waals surface area contributed by atoms with Gasteiger partial charge in [-0.1, -0.05) is 29.8 Å². The van der Waals surface area contributed by atoms with Gasteiger partial charge in [0.15, 0.2) is 0 Å². The maximum Gasteiger partial charge on any atom is 0.0746 e. The highest BCUT2D eigenvalue weighted by molar-refractivity contribution is 6.31. The van der Waals surface area contributed by atoms with Crippen LogP contribution in [0, 0.1) is 0 Å². The van der Waals surface area contributed by atoms with E-state index >= 15 is 0 Å². The molecule has 1 aromatic rings. The van der Waals surface area contributed by atoms with Crippen LogP contribution >= 0.6 is 11.6 Å². The minimum absolute atomic E-state index is 0.157. The number of methoxy groups -OCH3 is 1. The van der Waals surface area contributed by atoms with Gasteiger partial charge in [-0.3, -0.25) is 0 Å². The largest absolute Gasteiger partial charge is 0.377 e. The summed E-state index contributed by atoms with van der Waals surface area (Å²) in [5.41, 5.74) is 0.964. The Balaban J connectivity index is 2.60. The molecule has 0 heterocycles. The minimum atomic E-state index is -0.157. The Hall–Kier alpha value is -0.570. The third-order valence-corrected chi connectivity index (χ3v) is 3.10. The van der Waals surface area contributed by atoms with Crippen molar-refractivity contribution in [3.8, 4) is 0 Å². The summed E-state index contributed by atoms with van der Waals surface area (Å²) in [7, 11) is 1.72. The summed E-state index contributed by atoms with van der Waals surface area (Å²) in [6.45, 7) is 7.00. The second-order valence-electron chi connectivity index (χ2n) is 4.59. The fraction of sp³-hybridized carbons (Fsp3) is 0.538. The standard InChI is InChI=1S/C13H20ClNO/c1-10(15-9-13(2,3)16-4)11-7-5-6-8-12(11)14/h5-8,10,15H,9H2,1-4H3. The van der Waals surface area contributed by atoms with Crippen molar-refractivity contribution < 1.29 is 4.74 Å². The highest BCUT2D eigenvalue weighted by Crippen LogP contribution is 2.22. The SMILES string of the molecule is COC(C)(C)CNC(C)c1ccccc1Cl. The molecule has 1 aromatic carbocycles. The van der Waals surface area contributed by atoms with Gasteiger partial charge in [0.05, 0.1) is 5.60 Å². The number of rotatable bonds is 5. The van der Waals surface area contributed by atoms with Crippen molar-refractivity contribution in [1.82, 2.24) is 5.32 Å². The van der Waals surface area contributed by atoms with Crippen LogP contribution in [0.25, 0.3) is 0 Å². The number of nitrogens with one attached hydrogen (secondary N) is 1. The van der Waals surface area contributed by atoms with Gasteiger partial charge in [-0.15, -0.1) is 0 Å². The van der Waals surface area contributed by atoms with E-state index in [0.29, 0.717) is 0 Å². The third kappa shape index (κ3) is 3.78. The predicted molar refractivity (Wildman–Crippen MR) is 69.0 cm³/mol. The highest BCUT2D eigenvalue weighted by Gasteiger charge is 2.18. The van der Waals surface area contributed by atoms with Crippen molar-refractivity contribution >= 4 is 11.6 Å². The zero-order chi connectivity index (χ0) is 12.2. The van der Waals surface area contributed by atoms with Crippen LogP contribution in [0.2, 0.25) is 5.02 Å². The van der Waals surface area contributed by atoms with Crippen molar-refractivity contribution in [3.63, 3.8) is 0 Å². The molecule has 0 spiro atoms. The maximum atomic E-state index is 6.13. The number of hydrogen-bond acceptors (Lipinski definition) is 2. The molecule has 0 amide bonds. The molecule has 16 heavy (non-hydrogen) atoms. The molecule has 3 heteroatoms. The molecule has 1 unspecified atom stereocenters. The average molecular weight is 242 g/mol. The van der Waals surface area contributed by atoms with Gasteiger partial charge >= 0.3 is 0 Å². The van der Waals surface area contributed by atoms with E-state index in [0.717, 1.165) is 17.1 Å². The maximum absolute atomic E-state index is 6.13. The Kier molecular flexibility index (Phi) is 4.78. The first-order valence-electron chi connectivity index (χ1n) is 5.49. The quantitative estimate of drug-likeness (QED) is 0.853. The number of hydrogen-bond donors (Lipinski definition) is 1. The molecule has 0 bridgehead atoms. The van der Waals surface area contributed by atoms with Gasteiger partial charge in [0.25, 0.3) is 0 Å². The molecule has 0 saturated carbocycles. The van der Waals surface area contributed by atoms with Crippen molar-refractivity contribution in [2.75, 3.05) is 13.7 Å². The highest BCUT2D eigenvalue weighted by atomic mass is 35.5. The van der Waals surface area contributed by atoms with Crippen LogP contribution in [0.4, 0.5) is 0 Å². The molecular formula is C13H20ClNO. The number of halogens is 1. The van der Waals surface area contributed by atoms with Gasteiger partial charge in [0, 0.05) is 24.7 Å². The lowest BCUT2D eigenvalue weighted by Gasteiger charge is -2.26. The van der Waals surface area contributed by atoms with Gasteiger partial charge in [0.2, 0.25) is 0 Å². The van der Waals surface area contributed by atoms with Gasteiger partial charge < -0.3 is 10.1 Å². The summed E-state index contributed by atoms with van der Waals surface area (Å²) in [5.74, 6) is 0. The summed E-state index contributed by atoms with van der Waals surface area (Å²) < 4.78 is 5.36. The van der Waals surface area contributed by atoms with E-state index in [1.165, 1.54) is 0 Å². The molecule has 1 atom stereocenters. The topological polar surface area (TPSA) is 21.3 Å². The van der Waals surface area contributed by atoms with Crippen LogP contribution < -0.4 is 5.32 Å². The van der Waals surface area contributed by atoms with Crippen LogP contribution in [0.15, 0.2) is 24.3 Å². The third-order valence-electron chi connectivity index (χ3n) is 2.76. The van der Waals surface area contributed by atoms with Gasteiger partial charge in [-0.25, -0.2) is 0 Å². The first-order valence-corrected chi connectivity index (χ1v) is 5.87. The Morgan fingerprint density at radius 3 is 2.56 bits per heavy atom. The lowest BCUT2D eigenvalue weighted by atomic mass is 10.1. The van der Waals surface area contributed by atoms with E-state index in [1.807, 2.05) is 24.3 Å². The molecule has 0 aliphatic rings. The molecule has 90 valence electrons. The Bertz CT molecular complexity index is 338. The summed E-state index contributed by atoms with van der Waals surface area (Å²) >= 11 is 6.13. The number of ether oxygens (including phenoxy) is 1. The predicted octanol–water partition coefficient (Wildman–Crippen LogP) is 3.42. The molecule has 0 fully saturated rings. The molecule has 0 saturated heterocycles. The van der Waals surface area contributed by atoms with Crippen LogP contribution in [0.5, 0.6) is 0 Å². The van der Waals surface area contributed by atoms with E-state index < -0.39 is 0 Å². The van der Waals surface area contributed by atoms with Crippen molar-refractivity contribution in [2.24, 2.45) is 0 Å². The average Bonchev–Trinajstić information content (AvgIpc) is 2.27. The molecule has 0 aromatic heterocycles. The van der Waals surface area contributed by atoms with Crippen LogP contribution in [-0.4, -0.2) is 19.3 Å². The second-order valence-corrected chi connectivity index (χ2v) is 5.00. The van der Waals surface area contributed by atoms with Crippen molar-refractivity contribution in [2.45, 2.75) is 32.4 Å². The molecule has 0 aliphatic heterocycles. The van der Waals surface area contributed by atoms with Gasteiger partial charge in [-0.05, 0) is 32.4 Å². The zero-order valence-electron chi connectivity index (χ0n) is 10.4. The first kappa shape index (κ1) is 13.5. The monoisotopic (exact) mass is 241 g/mol. The lowest BCUT2D eigenvalue weighted by molar-refractivity contribution is 0.0214. The zero-order valence-corrected chi connectivity index (χ0v) is 11.1. The fourth-order valence-electron chi connectivity index (χ4n) is 1.41. The fourth-order valence-corrected chi connectivity index (χ4v) is 1.71. The summed E-state index contributed by atoms with van der Waals surface area (Å²) in [5, 5.41) is 4.22. The number of benzene rings is 1. The van der Waals surface area contributed by atoms with Crippen molar-refractivity contribution in [1.29, 1.82) is 0 Å². The van der Waals surface area contributed by atoms with Gasteiger partial charge in [0.1, 0.15) is 0 Å². The van der Waals surface area contributed by atoms with Gasteiger partial charge in [-0.2, -0.15) is 0 Å². The van der Waals surface area contributed by atoms with Crippen molar-refractivity contribution in [3.05, 3.63) is 34.9 Å². The Morgan fingerprint density at radius 2 is 2.00 bits per heavy atom. The van der Waals surface area contributed by atoms with E-state index in [4.69, 9.17) is 16.3 Å². The summed E-state index contributed by atoms with van der Waals surface area (Å²) in [6, 6.07) is 8.12.